The van der Waals surface area contributed by atoms with Crippen molar-refractivity contribution in [1.29, 1.82) is 0 Å². The molecule has 0 fully saturated rings. The summed E-state index contributed by atoms with van der Waals surface area (Å²) in [4.78, 5) is 30.1. The number of fused-ring (bicyclic) bond motifs is 1. The number of amides is 1. The zero-order valence-electron chi connectivity index (χ0n) is 16.0. The predicted octanol–water partition coefficient (Wildman–Crippen LogP) is 4.20. The fourth-order valence-electron chi connectivity index (χ4n) is 3.04. The molecule has 0 aliphatic heterocycles. The maximum Gasteiger partial charge on any atom is 0.259 e. The van der Waals surface area contributed by atoms with E-state index in [-0.39, 0.29) is 18.1 Å². The molecular formula is C22H19N3O3S. The van der Waals surface area contributed by atoms with Crippen LogP contribution < -0.4 is 15.6 Å². The lowest BCUT2D eigenvalue weighted by molar-refractivity contribution is 0.102. The highest BCUT2D eigenvalue weighted by Crippen LogP contribution is 2.25. The van der Waals surface area contributed by atoms with Crippen LogP contribution in [0.3, 0.4) is 0 Å². The summed E-state index contributed by atoms with van der Waals surface area (Å²) in [5.74, 6) is 0.310. The van der Waals surface area contributed by atoms with Gasteiger partial charge in [0.05, 0.1) is 11.4 Å². The maximum atomic E-state index is 12.6. The van der Waals surface area contributed by atoms with E-state index in [9.17, 15) is 9.59 Å². The summed E-state index contributed by atoms with van der Waals surface area (Å²) < 4.78 is 7.45. The van der Waals surface area contributed by atoms with E-state index in [4.69, 9.17) is 4.74 Å². The van der Waals surface area contributed by atoms with Crippen LogP contribution in [-0.2, 0) is 6.61 Å². The van der Waals surface area contributed by atoms with Gasteiger partial charge in [-0.3, -0.25) is 14.0 Å². The average molecular weight is 405 g/mol. The number of nitrogens with one attached hydrogen (secondary N) is 1. The third kappa shape index (κ3) is 3.90. The molecule has 1 amide bonds. The number of ether oxygens (including phenoxy) is 1. The molecule has 0 atom stereocenters. The lowest BCUT2D eigenvalue weighted by Crippen LogP contribution is -2.16. The van der Waals surface area contributed by atoms with E-state index in [0.29, 0.717) is 27.7 Å². The second kappa shape index (κ2) is 7.89. The Hall–Kier alpha value is -3.45. The van der Waals surface area contributed by atoms with Crippen LogP contribution in [0, 0.1) is 13.8 Å². The first-order valence-electron chi connectivity index (χ1n) is 9.08. The van der Waals surface area contributed by atoms with E-state index in [2.05, 4.69) is 10.3 Å². The number of hydrogen-bond donors (Lipinski definition) is 1. The summed E-state index contributed by atoms with van der Waals surface area (Å²) in [6.07, 6.45) is 0. The first kappa shape index (κ1) is 18.9. The van der Waals surface area contributed by atoms with Gasteiger partial charge in [0.15, 0.2) is 4.96 Å². The van der Waals surface area contributed by atoms with Crippen molar-refractivity contribution in [2.24, 2.45) is 0 Å². The molecule has 7 heteroatoms. The second-order valence-electron chi connectivity index (χ2n) is 6.63. The Balaban J connectivity index is 1.54. The van der Waals surface area contributed by atoms with Crippen LogP contribution in [0.2, 0.25) is 0 Å². The van der Waals surface area contributed by atoms with E-state index in [1.165, 1.54) is 17.4 Å². The Morgan fingerprint density at radius 2 is 1.90 bits per heavy atom. The van der Waals surface area contributed by atoms with Gasteiger partial charge in [0.1, 0.15) is 12.4 Å². The van der Waals surface area contributed by atoms with E-state index in [1.54, 1.807) is 22.6 Å². The molecule has 1 N–H and O–H groups in total. The van der Waals surface area contributed by atoms with Crippen molar-refractivity contribution in [2.45, 2.75) is 20.5 Å². The molecule has 2 aromatic heterocycles. The SMILES string of the molecule is Cc1ccccc1C(=O)Nc1ccccc1OCc1cc(=O)n2c(C)csc2n1. The molecule has 0 unspecified atom stereocenters. The van der Waals surface area contributed by atoms with Crippen LogP contribution in [0.15, 0.2) is 64.8 Å². The molecule has 0 saturated heterocycles. The molecule has 0 aliphatic carbocycles. The number of carbonyl (C=O) groups is 1. The predicted molar refractivity (Wildman–Crippen MR) is 114 cm³/mol. The molecule has 2 heterocycles. The molecule has 4 rings (SSSR count). The number of rotatable bonds is 5. The zero-order chi connectivity index (χ0) is 20.4. The number of aromatic nitrogens is 2. The van der Waals surface area contributed by atoms with Gasteiger partial charge >= 0.3 is 0 Å². The normalized spacial score (nSPS) is 10.8. The summed E-state index contributed by atoms with van der Waals surface area (Å²) in [5.41, 5.74) is 3.33. The maximum absolute atomic E-state index is 12.6. The molecule has 0 aliphatic rings. The number of anilines is 1. The number of para-hydroxylation sites is 2. The molecule has 2 aromatic carbocycles. The monoisotopic (exact) mass is 405 g/mol. The highest BCUT2D eigenvalue weighted by Gasteiger charge is 2.12. The van der Waals surface area contributed by atoms with Gasteiger partial charge < -0.3 is 10.1 Å². The smallest absolute Gasteiger partial charge is 0.259 e. The first-order valence-corrected chi connectivity index (χ1v) is 9.96. The Kier molecular flexibility index (Phi) is 5.14. The second-order valence-corrected chi connectivity index (χ2v) is 7.47. The fraction of sp³-hybridized carbons (Fsp3) is 0.136. The number of carbonyl (C=O) groups excluding carboxylic acids is 1. The van der Waals surface area contributed by atoms with Crippen LogP contribution in [0.25, 0.3) is 4.96 Å². The summed E-state index contributed by atoms with van der Waals surface area (Å²) in [5, 5.41) is 4.79. The minimum Gasteiger partial charge on any atom is -0.485 e. The summed E-state index contributed by atoms with van der Waals surface area (Å²) in [7, 11) is 0. The Bertz CT molecular complexity index is 1260. The van der Waals surface area contributed by atoms with Crippen LogP contribution in [0.1, 0.15) is 27.3 Å². The molecular weight excluding hydrogens is 386 g/mol. The topological polar surface area (TPSA) is 72.7 Å². The standard InChI is InChI=1S/C22H19N3O3S/c1-14-7-3-4-8-17(14)21(27)24-18-9-5-6-10-19(18)28-12-16-11-20(26)25-15(2)13-29-22(25)23-16/h3-11,13H,12H2,1-2H3,(H,24,27). The summed E-state index contributed by atoms with van der Waals surface area (Å²) >= 11 is 1.41. The largest absolute Gasteiger partial charge is 0.485 e. The van der Waals surface area contributed by atoms with E-state index >= 15 is 0 Å². The molecule has 29 heavy (non-hydrogen) atoms. The fourth-order valence-corrected chi connectivity index (χ4v) is 3.93. The highest BCUT2D eigenvalue weighted by molar-refractivity contribution is 7.15. The van der Waals surface area contributed by atoms with Crippen LogP contribution in [0.5, 0.6) is 5.75 Å². The van der Waals surface area contributed by atoms with Crippen molar-refractivity contribution >= 4 is 27.9 Å². The number of benzene rings is 2. The number of hydrogen-bond acceptors (Lipinski definition) is 5. The van der Waals surface area contributed by atoms with Gasteiger partial charge in [0.2, 0.25) is 0 Å². The van der Waals surface area contributed by atoms with Crippen molar-refractivity contribution in [3.8, 4) is 5.75 Å². The molecule has 0 bridgehead atoms. The van der Waals surface area contributed by atoms with Crippen LogP contribution >= 0.6 is 11.3 Å². The van der Waals surface area contributed by atoms with Gasteiger partial charge in [-0.15, -0.1) is 11.3 Å². The van der Waals surface area contributed by atoms with Gasteiger partial charge in [-0.05, 0) is 37.6 Å². The van der Waals surface area contributed by atoms with E-state index < -0.39 is 0 Å². The van der Waals surface area contributed by atoms with E-state index in [1.807, 2.05) is 49.6 Å². The quantitative estimate of drug-likeness (QED) is 0.540. The minimum atomic E-state index is -0.203. The molecule has 0 saturated carbocycles. The molecule has 6 nitrogen and oxygen atoms in total. The van der Waals surface area contributed by atoms with Gasteiger partial charge in [0.25, 0.3) is 11.5 Å². The van der Waals surface area contributed by atoms with Gasteiger partial charge in [-0.2, -0.15) is 0 Å². The molecule has 0 radical (unpaired) electrons. The van der Waals surface area contributed by atoms with Crippen molar-refractivity contribution in [1.82, 2.24) is 9.38 Å². The van der Waals surface area contributed by atoms with Crippen molar-refractivity contribution in [3.05, 3.63) is 92.8 Å². The van der Waals surface area contributed by atoms with Gasteiger partial charge in [-0.1, -0.05) is 30.3 Å². The third-order valence-electron chi connectivity index (χ3n) is 4.53. The summed E-state index contributed by atoms with van der Waals surface area (Å²) in [6.45, 7) is 3.89. The minimum absolute atomic E-state index is 0.125. The first-order chi connectivity index (χ1) is 14.0. The Morgan fingerprint density at radius 3 is 2.72 bits per heavy atom. The highest BCUT2D eigenvalue weighted by atomic mass is 32.1. The zero-order valence-corrected chi connectivity index (χ0v) is 16.8. The average Bonchev–Trinajstić information content (AvgIpc) is 3.09. The third-order valence-corrected chi connectivity index (χ3v) is 5.47. The molecule has 4 aromatic rings. The lowest BCUT2D eigenvalue weighted by atomic mass is 10.1. The van der Waals surface area contributed by atoms with Crippen molar-refractivity contribution in [2.75, 3.05) is 5.32 Å². The van der Waals surface area contributed by atoms with Crippen LogP contribution in [0.4, 0.5) is 5.69 Å². The van der Waals surface area contributed by atoms with Crippen molar-refractivity contribution in [3.63, 3.8) is 0 Å². The molecule has 146 valence electrons. The number of nitrogens with zero attached hydrogens (tertiary/aromatic N) is 2. The Morgan fingerprint density at radius 1 is 1.14 bits per heavy atom. The molecule has 0 spiro atoms. The summed E-state index contributed by atoms with van der Waals surface area (Å²) in [6, 6.07) is 16.1. The van der Waals surface area contributed by atoms with Crippen LogP contribution in [-0.4, -0.2) is 15.3 Å². The van der Waals surface area contributed by atoms with Gasteiger partial charge in [-0.25, -0.2) is 4.98 Å². The number of aryl methyl sites for hydroxylation is 2. The Labute approximate surface area is 171 Å². The van der Waals surface area contributed by atoms with Gasteiger partial charge in [0, 0.05) is 22.7 Å². The van der Waals surface area contributed by atoms with E-state index in [0.717, 1.165) is 11.3 Å². The number of thiazole rings is 1. The van der Waals surface area contributed by atoms with Crippen molar-refractivity contribution < 1.29 is 9.53 Å². The lowest BCUT2D eigenvalue weighted by Gasteiger charge is -2.13.